The molecule has 1 saturated carbocycles. The number of carbonyl (C=O) groups excluding carboxylic acids is 2. The molecule has 0 saturated heterocycles. The van der Waals surface area contributed by atoms with Crippen LogP contribution in [0, 0.1) is 27.7 Å². The van der Waals surface area contributed by atoms with Gasteiger partial charge >= 0.3 is 0 Å². The van der Waals surface area contributed by atoms with Crippen LogP contribution in [0.2, 0.25) is 0 Å². The molecule has 1 atom stereocenters. The van der Waals surface area contributed by atoms with Gasteiger partial charge < -0.3 is 10.2 Å². The van der Waals surface area contributed by atoms with Crippen molar-refractivity contribution < 1.29 is 18.0 Å². The lowest BCUT2D eigenvalue weighted by Gasteiger charge is -2.32. The van der Waals surface area contributed by atoms with Crippen LogP contribution in [0.3, 0.4) is 0 Å². The number of anilines is 1. The number of benzene rings is 3. The molecule has 41 heavy (non-hydrogen) atoms. The summed E-state index contributed by atoms with van der Waals surface area (Å²) in [5, 5.41) is 3.11. The first-order valence-corrected chi connectivity index (χ1v) is 15.7. The summed E-state index contributed by atoms with van der Waals surface area (Å²) in [5.41, 5.74) is 5.19. The van der Waals surface area contributed by atoms with Crippen LogP contribution < -0.4 is 9.62 Å². The number of carbonyl (C=O) groups is 2. The maximum Gasteiger partial charge on any atom is 0.264 e. The molecule has 218 valence electrons. The fraction of sp³-hybridized carbons (Fsp3) is 0.394. The average Bonchev–Trinajstić information content (AvgIpc) is 3.44. The number of amides is 2. The van der Waals surface area contributed by atoms with E-state index in [1.54, 1.807) is 43.3 Å². The summed E-state index contributed by atoms with van der Waals surface area (Å²) in [6, 6.07) is 19.1. The molecule has 1 N–H and O–H groups in total. The fourth-order valence-corrected chi connectivity index (χ4v) is 6.63. The average molecular weight is 576 g/mol. The number of hydrogen-bond donors (Lipinski definition) is 1. The van der Waals surface area contributed by atoms with Crippen LogP contribution in [0.25, 0.3) is 0 Å². The van der Waals surface area contributed by atoms with Gasteiger partial charge in [0.1, 0.15) is 12.6 Å². The molecular weight excluding hydrogens is 534 g/mol. The van der Waals surface area contributed by atoms with Crippen LogP contribution >= 0.6 is 0 Å². The molecule has 4 rings (SSSR count). The van der Waals surface area contributed by atoms with Gasteiger partial charge in [0.2, 0.25) is 11.8 Å². The van der Waals surface area contributed by atoms with E-state index in [0.29, 0.717) is 5.69 Å². The maximum atomic E-state index is 14.1. The number of nitrogens with one attached hydrogen (secondary N) is 1. The van der Waals surface area contributed by atoms with E-state index in [9.17, 15) is 18.0 Å². The topological polar surface area (TPSA) is 86.8 Å². The molecule has 1 fully saturated rings. The Hall–Kier alpha value is -3.65. The number of nitrogens with zero attached hydrogens (tertiary/aromatic N) is 2. The van der Waals surface area contributed by atoms with Crippen LogP contribution in [0.15, 0.2) is 71.6 Å². The third-order valence-corrected chi connectivity index (χ3v) is 9.76. The molecule has 3 aromatic rings. The van der Waals surface area contributed by atoms with E-state index in [2.05, 4.69) is 5.32 Å². The number of aryl methyl sites for hydroxylation is 4. The normalized spacial score (nSPS) is 14.5. The smallest absolute Gasteiger partial charge is 0.264 e. The van der Waals surface area contributed by atoms with Crippen molar-refractivity contribution in [1.29, 1.82) is 0 Å². The first kappa shape index (κ1) is 30.3. The molecular formula is C33H41N3O4S. The van der Waals surface area contributed by atoms with Crippen LogP contribution in [0.1, 0.15) is 60.4 Å². The molecule has 1 aliphatic carbocycles. The molecule has 0 aliphatic heterocycles. The van der Waals surface area contributed by atoms with Gasteiger partial charge in [0, 0.05) is 12.6 Å². The molecule has 8 heteroatoms. The summed E-state index contributed by atoms with van der Waals surface area (Å²) in [5.74, 6) is -0.675. The van der Waals surface area contributed by atoms with Gasteiger partial charge in [-0.15, -0.1) is 0 Å². The zero-order chi connectivity index (χ0) is 29.7. The Balaban J connectivity index is 1.70. The van der Waals surface area contributed by atoms with Crippen molar-refractivity contribution in [2.75, 3.05) is 10.8 Å². The van der Waals surface area contributed by atoms with Crippen molar-refractivity contribution in [3.05, 3.63) is 94.5 Å². The van der Waals surface area contributed by atoms with Crippen LogP contribution in [-0.2, 0) is 26.2 Å². The Morgan fingerprint density at radius 1 is 0.878 bits per heavy atom. The summed E-state index contributed by atoms with van der Waals surface area (Å²) in [6.07, 6.45) is 4.01. The second-order valence-electron chi connectivity index (χ2n) is 11.3. The second-order valence-corrected chi connectivity index (χ2v) is 13.1. The maximum absolute atomic E-state index is 14.1. The van der Waals surface area contributed by atoms with Crippen molar-refractivity contribution in [2.24, 2.45) is 0 Å². The Morgan fingerprint density at radius 2 is 1.56 bits per heavy atom. The van der Waals surface area contributed by atoms with Gasteiger partial charge in [-0.25, -0.2) is 8.42 Å². The molecule has 3 aromatic carbocycles. The standard InChI is InChI=1S/C33H41N3O4S/c1-23-13-17-31(18-14-23)41(39,40)36(30-16-15-25(3)26(4)20-30)22-32(37)35(21-28-10-8-9-24(2)19-28)27(5)33(38)34-29-11-6-7-12-29/h8-10,13-20,27,29H,6-7,11-12,21-22H2,1-5H3,(H,34,38)/t27-/m1/s1. The van der Waals surface area contributed by atoms with Gasteiger partial charge in [-0.05, 0) is 88.4 Å². The predicted octanol–water partition coefficient (Wildman–Crippen LogP) is 5.59. The lowest BCUT2D eigenvalue weighted by molar-refractivity contribution is -0.139. The van der Waals surface area contributed by atoms with Crippen molar-refractivity contribution >= 4 is 27.5 Å². The van der Waals surface area contributed by atoms with Crippen molar-refractivity contribution in [1.82, 2.24) is 10.2 Å². The van der Waals surface area contributed by atoms with E-state index in [-0.39, 0.29) is 23.4 Å². The van der Waals surface area contributed by atoms with E-state index in [1.165, 1.54) is 4.90 Å². The SMILES string of the molecule is Cc1ccc(S(=O)(=O)N(CC(=O)N(Cc2cccc(C)c2)[C@H](C)C(=O)NC2CCCC2)c2ccc(C)c(C)c2)cc1. The largest absolute Gasteiger partial charge is 0.352 e. The Morgan fingerprint density at radius 3 is 2.20 bits per heavy atom. The quantitative estimate of drug-likeness (QED) is 0.341. The Labute approximate surface area is 244 Å². The summed E-state index contributed by atoms with van der Waals surface area (Å²) < 4.78 is 29.2. The van der Waals surface area contributed by atoms with Crippen molar-refractivity contribution in [2.45, 2.75) is 83.8 Å². The summed E-state index contributed by atoms with van der Waals surface area (Å²) in [6.45, 7) is 9.20. The predicted molar refractivity (Wildman–Crippen MR) is 163 cm³/mol. The Kier molecular flexibility index (Phi) is 9.53. The molecule has 0 unspecified atom stereocenters. The summed E-state index contributed by atoms with van der Waals surface area (Å²) >= 11 is 0. The molecule has 0 spiro atoms. The lowest BCUT2D eigenvalue weighted by Crippen LogP contribution is -2.52. The van der Waals surface area contributed by atoms with E-state index >= 15 is 0 Å². The van der Waals surface area contributed by atoms with Crippen molar-refractivity contribution in [3.8, 4) is 0 Å². The van der Waals surface area contributed by atoms with Crippen LogP contribution in [-0.4, -0.2) is 43.8 Å². The zero-order valence-electron chi connectivity index (χ0n) is 24.7. The monoisotopic (exact) mass is 575 g/mol. The fourth-order valence-electron chi connectivity index (χ4n) is 5.23. The Bertz CT molecular complexity index is 1500. The second kappa shape index (κ2) is 12.9. The number of rotatable bonds is 10. The third-order valence-electron chi connectivity index (χ3n) is 7.97. The van der Waals surface area contributed by atoms with Crippen LogP contribution in [0.4, 0.5) is 5.69 Å². The minimum absolute atomic E-state index is 0.103. The molecule has 1 aliphatic rings. The highest BCUT2D eigenvalue weighted by molar-refractivity contribution is 7.92. The van der Waals surface area contributed by atoms with Gasteiger partial charge in [0.25, 0.3) is 10.0 Å². The summed E-state index contributed by atoms with van der Waals surface area (Å²) in [4.78, 5) is 29.1. The zero-order valence-corrected chi connectivity index (χ0v) is 25.5. The molecule has 0 aromatic heterocycles. The number of hydrogen-bond acceptors (Lipinski definition) is 4. The highest BCUT2D eigenvalue weighted by atomic mass is 32.2. The first-order chi connectivity index (χ1) is 19.5. The van der Waals surface area contributed by atoms with E-state index in [1.807, 2.05) is 58.0 Å². The minimum atomic E-state index is -4.09. The van der Waals surface area contributed by atoms with Gasteiger partial charge in [-0.3, -0.25) is 13.9 Å². The highest BCUT2D eigenvalue weighted by Crippen LogP contribution is 2.27. The molecule has 0 heterocycles. The molecule has 7 nitrogen and oxygen atoms in total. The summed E-state index contributed by atoms with van der Waals surface area (Å²) in [7, 11) is -4.09. The van der Waals surface area contributed by atoms with E-state index in [0.717, 1.165) is 57.8 Å². The molecule has 0 radical (unpaired) electrons. The van der Waals surface area contributed by atoms with Gasteiger partial charge in [-0.1, -0.05) is 66.4 Å². The lowest BCUT2D eigenvalue weighted by atomic mass is 10.1. The van der Waals surface area contributed by atoms with Gasteiger partial charge in [0.05, 0.1) is 10.6 Å². The molecule has 2 amide bonds. The van der Waals surface area contributed by atoms with Crippen molar-refractivity contribution in [3.63, 3.8) is 0 Å². The molecule has 0 bridgehead atoms. The highest BCUT2D eigenvalue weighted by Gasteiger charge is 2.33. The van der Waals surface area contributed by atoms with Gasteiger partial charge in [0.15, 0.2) is 0 Å². The first-order valence-electron chi connectivity index (χ1n) is 14.3. The third kappa shape index (κ3) is 7.36. The van der Waals surface area contributed by atoms with E-state index in [4.69, 9.17) is 0 Å². The van der Waals surface area contributed by atoms with Gasteiger partial charge in [-0.2, -0.15) is 0 Å². The van der Waals surface area contributed by atoms with Crippen LogP contribution in [0.5, 0.6) is 0 Å². The minimum Gasteiger partial charge on any atom is -0.352 e. The van der Waals surface area contributed by atoms with E-state index < -0.39 is 28.5 Å². The number of sulfonamides is 1.